The van der Waals surface area contributed by atoms with Crippen molar-refractivity contribution < 1.29 is 9.47 Å². The quantitative estimate of drug-likeness (QED) is 0.345. The first kappa shape index (κ1) is 22.8. The molecule has 2 saturated heterocycles. The van der Waals surface area contributed by atoms with Crippen LogP contribution in [0.5, 0.6) is 5.75 Å². The van der Waals surface area contributed by atoms with Gasteiger partial charge in [-0.1, -0.05) is 18.2 Å². The number of para-hydroxylation sites is 1. The van der Waals surface area contributed by atoms with Crippen molar-refractivity contribution in [1.82, 2.24) is 20.4 Å². The largest absolute Gasteiger partial charge is 0.496 e. The molecule has 0 saturated carbocycles. The van der Waals surface area contributed by atoms with Crippen molar-refractivity contribution in [3.05, 3.63) is 29.8 Å². The number of hydrogen-bond donors (Lipinski definition) is 2. The molecule has 0 bridgehead atoms. The first-order chi connectivity index (χ1) is 14.8. The van der Waals surface area contributed by atoms with Gasteiger partial charge in [0.25, 0.3) is 0 Å². The van der Waals surface area contributed by atoms with Gasteiger partial charge in [0.05, 0.1) is 32.9 Å². The van der Waals surface area contributed by atoms with Gasteiger partial charge in [0.2, 0.25) is 0 Å². The van der Waals surface area contributed by atoms with E-state index < -0.39 is 0 Å². The Bertz CT molecular complexity index is 642. The molecule has 2 fully saturated rings. The number of hydrogen-bond acceptors (Lipinski definition) is 5. The lowest BCUT2D eigenvalue weighted by Crippen LogP contribution is -2.41. The summed E-state index contributed by atoms with van der Waals surface area (Å²) in [7, 11) is 1.75. The summed E-state index contributed by atoms with van der Waals surface area (Å²) in [6.07, 6.45) is 3.62. The second-order valence-electron chi connectivity index (χ2n) is 7.95. The van der Waals surface area contributed by atoms with Gasteiger partial charge in [-0.3, -0.25) is 14.8 Å². The van der Waals surface area contributed by atoms with Gasteiger partial charge in [0, 0.05) is 31.7 Å². The molecule has 0 radical (unpaired) electrons. The van der Waals surface area contributed by atoms with Gasteiger partial charge in [-0.05, 0) is 51.9 Å². The average Bonchev–Trinajstić information content (AvgIpc) is 3.32. The molecule has 2 aliphatic rings. The van der Waals surface area contributed by atoms with Crippen LogP contribution in [0.3, 0.4) is 0 Å². The van der Waals surface area contributed by atoms with Crippen LogP contribution in [0, 0.1) is 0 Å². The SMILES string of the molecule is CCNC(=NCC(c1ccccc1OC)N1CCCC1)NCCCN1CCOCC1. The van der Waals surface area contributed by atoms with Crippen LogP contribution in [0.25, 0.3) is 0 Å². The minimum atomic E-state index is 0.243. The topological polar surface area (TPSA) is 61.4 Å². The predicted octanol–water partition coefficient (Wildman–Crippen LogP) is 2.11. The summed E-state index contributed by atoms with van der Waals surface area (Å²) in [5.74, 6) is 1.85. The van der Waals surface area contributed by atoms with E-state index in [2.05, 4.69) is 45.6 Å². The van der Waals surface area contributed by atoms with Crippen LogP contribution < -0.4 is 15.4 Å². The summed E-state index contributed by atoms with van der Waals surface area (Å²) in [4.78, 5) is 9.98. The minimum absolute atomic E-state index is 0.243. The van der Waals surface area contributed by atoms with E-state index in [1.165, 1.54) is 18.4 Å². The molecule has 1 aromatic rings. The van der Waals surface area contributed by atoms with Gasteiger partial charge in [0.1, 0.15) is 5.75 Å². The molecule has 7 heteroatoms. The molecular formula is C23H39N5O2. The zero-order valence-corrected chi connectivity index (χ0v) is 18.7. The van der Waals surface area contributed by atoms with Gasteiger partial charge >= 0.3 is 0 Å². The zero-order valence-electron chi connectivity index (χ0n) is 18.7. The highest BCUT2D eigenvalue weighted by Crippen LogP contribution is 2.31. The molecular weight excluding hydrogens is 378 g/mol. The minimum Gasteiger partial charge on any atom is -0.496 e. The van der Waals surface area contributed by atoms with Crippen molar-refractivity contribution in [3.8, 4) is 5.75 Å². The summed E-state index contributed by atoms with van der Waals surface area (Å²) in [5, 5.41) is 6.92. The molecule has 0 aliphatic carbocycles. The predicted molar refractivity (Wildman–Crippen MR) is 122 cm³/mol. The number of benzene rings is 1. The van der Waals surface area contributed by atoms with E-state index in [9.17, 15) is 0 Å². The van der Waals surface area contributed by atoms with Crippen molar-refractivity contribution in [2.45, 2.75) is 32.2 Å². The molecule has 0 amide bonds. The maximum absolute atomic E-state index is 5.66. The maximum atomic E-state index is 5.66. The number of aliphatic imine (C=N–C) groups is 1. The van der Waals surface area contributed by atoms with Crippen molar-refractivity contribution >= 4 is 5.96 Å². The second-order valence-corrected chi connectivity index (χ2v) is 7.95. The number of nitrogens with one attached hydrogen (secondary N) is 2. The molecule has 2 heterocycles. The first-order valence-corrected chi connectivity index (χ1v) is 11.5. The molecule has 0 spiro atoms. The van der Waals surface area contributed by atoms with Crippen LogP contribution >= 0.6 is 0 Å². The van der Waals surface area contributed by atoms with Crippen LogP contribution in [-0.4, -0.2) is 88.4 Å². The fraction of sp³-hybridized carbons (Fsp3) is 0.696. The Hall–Kier alpha value is -1.83. The van der Waals surface area contributed by atoms with Crippen molar-refractivity contribution in [3.63, 3.8) is 0 Å². The maximum Gasteiger partial charge on any atom is 0.191 e. The molecule has 168 valence electrons. The van der Waals surface area contributed by atoms with Gasteiger partial charge in [-0.15, -0.1) is 0 Å². The molecule has 0 aromatic heterocycles. The molecule has 2 N–H and O–H groups in total. The Morgan fingerprint density at radius 3 is 2.63 bits per heavy atom. The second kappa shape index (κ2) is 12.8. The van der Waals surface area contributed by atoms with E-state index in [-0.39, 0.29) is 6.04 Å². The average molecular weight is 418 g/mol. The fourth-order valence-corrected chi connectivity index (χ4v) is 4.26. The lowest BCUT2D eigenvalue weighted by Gasteiger charge is -2.28. The van der Waals surface area contributed by atoms with Crippen LogP contribution in [0.2, 0.25) is 0 Å². The van der Waals surface area contributed by atoms with E-state index in [0.717, 1.165) is 83.7 Å². The Morgan fingerprint density at radius 1 is 1.13 bits per heavy atom. The molecule has 7 nitrogen and oxygen atoms in total. The van der Waals surface area contributed by atoms with Crippen LogP contribution in [0.15, 0.2) is 29.3 Å². The number of guanidine groups is 1. The zero-order chi connectivity index (χ0) is 21.0. The Kier molecular flexibility index (Phi) is 9.73. The lowest BCUT2D eigenvalue weighted by atomic mass is 10.0. The van der Waals surface area contributed by atoms with Gasteiger partial charge in [-0.2, -0.15) is 0 Å². The van der Waals surface area contributed by atoms with Crippen molar-refractivity contribution in [2.75, 3.05) is 72.7 Å². The highest BCUT2D eigenvalue weighted by molar-refractivity contribution is 5.79. The third kappa shape index (κ3) is 6.86. The third-order valence-electron chi connectivity index (χ3n) is 5.89. The number of nitrogens with zero attached hydrogens (tertiary/aromatic N) is 3. The summed E-state index contributed by atoms with van der Waals surface area (Å²) < 4.78 is 11.1. The normalized spacial score (nSPS) is 19.6. The highest BCUT2D eigenvalue weighted by atomic mass is 16.5. The molecule has 1 atom stereocenters. The third-order valence-corrected chi connectivity index (χ3v) is 5.89. The smallest absolute Gasteiger partial charge is 0.191 e. The van der Waals surface area contributed by atoms with Crippen LogP contribution in [-0.2, 0) is 4.74 Å². The molecule has 1 aromatic carbocycles. The Morgan fingerprint density at radius 2 is 1.90 bits per heavy atom. The lowest BCUT2D eigenvalue weighted by molar-refractivity contribution is 0.0376. The fourth-order valence-electron chi connectivity index (χ4n) is 4.26. The molecule has 2 aliphatic heterocycles. The van der Waals surface area contributed by atoms with Crippen molar-refractivity contribution in [2.24, 2.45) is 4.99 Å². The summed E-state index contributed by atoms with van der Waals surface area (Å²) in [5.41, 5.74) is 1.23. The standard InChI is InChI=1S/C23H39N5O2/c1-3-24-23(25-11-8-12-27-15-17-30-18-16-27)26-19-21(28-13-6-7-14-28)20-9-4-5-10-22(20)29-2/h4-5,9-10,21H,3,6-8,11-19H2,1-2H3,(H2,24,25,26). The highest BCUT2D eigenvalue weighted by Gasteiger charge is 2.25. The van der Waals surface area contributed by atoms with Crippen molar-refractivity contribution in [1.29, 1.82) is 0 Å². The summed E-state index contributed by atoms with van der Waals surface area (Å²) in [6.45, 7) is 11.8. The van der Waals surface area contributed by atoms with Gasteiger partial charge < -0.3 is 20.1 Å². The Labute approximate surface area is 181 Å². The first-order valence-electron chi connectivity index (χ1n) is 11.5. The number of ether oxygens (including phenoxy) is 2. The van der Waals surface area contributed by atoms with E-state index in [4.69, 9.17) is 14.5 Å². The summed E-state index contributed by atoms with van der Waals surface area (Å²) >= 11 is 0. The number of morpholine rings is 1. The van der Waals surface area contributed by atoms with E-state index in [1.807, 2.05) is 6.07 Å². The van der Waals surface area contributed by atoms with Crippen LogP contribution in [0.4, 0.5) is 0 Å². The van der Waals surface area contributed by atoms with E-state index in [0.29, 0.717) is 0 Å². The number of methoxy groups -OCH3 is 1. The molecule has 30 heavy (non-hydrogen) atoms. The summed E-state index contributed by atoms with van der Waals surface area (Å²) in [6, 6.07) is 8.61. The Balaban J connectivity index is 1.59. The molecule has 3 rings (SSSR count). The van der Waals surface area contributed by atoms with E-state index >= 15 is 0 Å². The number of likely N-dealkylation sites (tertiary alicyclic amines) is 1. The van der Waals surface area contributed by atoms with E-state index in [1.54, 1.807) is 7.11 Å². The molecule has 1 unspecified atom stereocenters. The monoisotopic (exact) mass is 417 g/mol. The number of rotatable bonds is 10. The van der Waals surface area contributed by atoms with Crippen LogP contribution in [0.1, 0.15) is 37.8 Å². The van der Waals surface area contributed by atoms with Gasteiger partial charge in [-0.25, -0.2) is 0 Å². The van der Waals surface area contributed by atoms with Gasteiger partial charge in [0.15, 0.2) is 5.96 Å².